The number of aromatic nitrogens is 1. The van der Waals surface area contributed by atoms with E-state index in [1.54, 1.807) is 18.2 Å². The maximum absolute atomic E-state index is 16.1. The molecule has 0 unspecified atom stereocenters. The molecule has 1 amide bonds. The molecule has 12 nitrogen and oxygen atoms in total. The van der Waals surface area contributed by atoms with Crippen molar-refractivity contribution < 1.29 is 33.2 Å². The second-order valence-electron chi connectivity index (χ2n) is 12.1. The Labute approximate surface area is 302 Å². The first-order valence-corrected chi connectivity index (χ1v) is 16.8. The monoisotopic (exact) mass is 735 g/mol. The summed E-state index contributed by atoms with van der Waals surface area (Å²) in [6.45, 7) is 2.47. The van der Waals surface area contributed by atoms with Gasteiger partial charge in [0.15, 0.2) is 0 Å². The average Bonchev–Trinajstić information content (AvgIpc) is 3.55. The van der Waals surface area contributed by atoms with Crippen LogP contribution in [-0.4, -0.2) is 59.3 Å². The number of ether oxygens (including phenoxy) is 2. The van der Waals surface area contributed by atoms with Crippen LogP contribution in [0.25, 0.3) is 0 Å². The number of hydrogen-bond acceptors (Lipinski definition) is 10. The fraction of sp³-hybridized carbons (Fsp3) is 0.278. The van der Waals surface area contributed by atoms with Crippen molar-refractivity contribution >= 4 is 58.6 Å². The molecule has 3 heterocycles. The van der Waals surface area contributed by atoms with Gasteiger partial charge in [0, 0.05) is 42.6 Å². The summed E-state index contributed by atoms with van der Waals surface area (Å²) in [4.78, 5) is 57.6. The van der Waals surface area contributed by atoms with E-state index in [4.69, 9.17) is 32.7 Å². The Balaban J connectivity index is 1.49. The van der Waals surface area contributed by atoms with Gasteiger partial charge in [0.25, 0.3) is 11.6 Å². The highest BCUT2D eigenvalue weighted by Crippen LogP contribution is 2.60. The van der Waals surface area contributed by atoms with Gasteiger partial charge in [-0.1, -0.05) is 47.5 Å². The summed E-state index contributed by atoms with van der Waals surface area (Å²) in [5.41, 5.74) is -0.701. The highest BCUT2D eigenvalue weighted by molar-refractivity contribution is 6.31. The number of benzene rings is 3. The second-order valence-corrected chi connectivity index (χ2v) is 12.9. The fourth-order valence-corrected chi connectivity index (χ4v) is 7.72. The minimum absolute atomic E-state index is 0.0000222. The maximum atomic E-state index is 16.1. The van der Waals surface area contributed by atoms with E-state index in [0.717, 1.165) is 17.9 Å². The van der Waals surface area contributed by atoms with Gasteiger partial charge in [-0.05, 0) is 66.9 Å². The maximum Gasteiger partial charge on any atom is 0.338 e. The van der Waals surface area contributed by atoms with Crippen LogP contribution < -0.4 is 15.4 Å². The molecule has 6 rings (SSSR count). The van der Waals surface area contributed by atoms with E-state index in [2.05, 4.69) is 15.6 Å². The third-order valence-corrected chi connectivity index (χ3v) is 9.89. The third-order valence-electron chi connectivity index (χ3n) is 9.39. The first-order valence-electron chi connectivity index (χ1n) is 16.0. The SMILES string of the molecule is CCOc1cccc(CN2[C@@H](CCNc3ccc(C(=O)OC)cc3[N+](=O)[O-])[C@@H](C=O)[C@H](c3cccc(Cl)c3F)[C@]23C(=O)Nc2nc(Cl)ccc23)c1. The standard InChI is InChI=1S/C36H32Cl2FN5O7/c1-3-51-22-7-4-6-20(16-22)18-43-28(14-15-40-27-12-10-21(34(46)50-2)17-29(27)44(48)49)24(19-45)31(23-8-5-9-26(37)32(23)39)36(43)25-11-13-30(38)41-33(25)42-35(36)47/h4-13,16-17,19,24,28,31,40H,3,14-15,18H2,1-2H3,(H,41,42,47)/t24-,28+,31+,36-/m1/s1. The largest absolute Gasteiger partial charge is 0.494 e. The Morgan fingerprint density at radius 3 is 2.67 bits per heavy atom. The van der Waals surface area contributed by atoms with Crippen LogP contribution in [0.4, 0.5) is 21.6 Å². The summed E-state index contributed by atoms with van der Waals surface area (Å²) < 4.78 is 26.6. The van der Waals surface area contributed by atoms with Crippen LogP contribution in [0.1, 0.15) is 46.3 Å². The summed E-state index contributed by atoms with van der Waals surface area (Å²) in [6.07, 6.45) is 0.880. The Bertz CT molecular complexity index is 2030. The van der Waals surface area contributed by atoms with Crippen molar-refractivity contribution in [2.24, 2.45) is 5.92 Å². The van der Waals surface area contributed by atoms with E-state index < -0.39 is 46.0 Å². The number of nitro groups is 1. The van der Waals surface area contributed by atoms with Crippen LogP contribution in [0, 0.1) is 21.8 Å². The van der Waals surface area contributed by atoms with Crippen LogP contribution in [0.2, 0.25) is 10.2 Å². The first-order chi connectivity index (χ1) is 24.5. The van der Waals surface area contributed by atoms with Crippen molar-refractivity contribution in [2.45, 2.75) is 37.4 Å². The van der Waals surface area contributed by atoms with Gasteiger partial charge in [-0.25, -0.2) is 14.2 Å². The van der Waals surface area contributed by atoms with Gasteiger partial charge in [-0.2, -0.15) is 0 Å². The fourth-order valence-electron chi connectivity index (χ4n) is 7.39. The highest BCUT2D eigenvalue weighted by atomic mass is 35.5. The molecule has 2 aliphatic heterocycles. The summed E-state index contributed by atoms with van der Waals surface area (Å²) >= 11 is 12.6. The molecule has 4 atom stereocenters. The number of likely N-dealkylation sites (tertiary alicyclic amines) is 1. The third kappa shape index (κ3) is 6.37. The number of carbonyl (C=O) groups excluding carboxylic acids is 3. The molecule has 0 bridgehead atoms. The van der Waals surface area contributed by atoms with Crippen LogP contribution in [0.3, 0.4) is 0 Å². The van der Waals surface area contributed by atoms with Crippen LogP contribution in [-0.2, 0) is 26.4 Å². The van der Waals surface area contributed by atoms with Gasteiger partial charge in [0.2, 0.25) is 0 Å². The Hall–Kier alpha value is -5.11. The van der Waals surface area contributed by atoms with Gasteiger partial charge in [0.05, 0.1) is 29.2 Å². The molecule has 0 aliphatic carbocycles. The zero-order valence-corrected chi connectivity index (χ0v) is 28.9. The number of methoxy groups -OCH3 is 1. The van der Waals surface area contributed by atoms with E-state index in [1.165, 1.54) is 37.4 Å². The van der Waals surface area contributed by atoms with Gasteiger partial charge in [-0.3, -0.25) is 19.8 Å². The quantitative estimate of drug-likeness (QED) is 0.0525. The van der Waals surface area contributed by atoms with Crippen molar-refractivity contribution in [1.29, 1.82) is 0 Å². The lowest BCUT2D eigenvalue weighted by molar-refractivity contribution is -0.384. The molecule has 1 aromatic heterocycles. The molecule has 1 saturated heterocycles. The van der Waals surface area contributed by atoms with Gasteiger partial charge in [-0.15, -0.1) is 0 Å². The zero-order valence-electron chi connectivity index (χ0n) is 27.4. The smallest absolute Gasteiger partial charge is 0.338 e. The Kier molecular flexibility index (Phi) is 10.2. The molecule has 2 aliphatic rings. The van der Waals surface area contributed by atoms with Crippen molar-refractivity contribution in [3.63, 3.8) is 0 Å². The van der Waals surface area contributed by atoms with E-state index in [0.29, 0.717) is 17.9 Å². The number of nitrogens with zero attached hydrogens (tertiary/aromatic N) is 3. The van der Waals surface area contributed by atoms with Crippen molar-refractivity contribution in [2.75, 3.05) is 30.9 Å². The number of rotatable bonds is 12. The number of nitrogens with one attached hydrogen (secondary N) is 2. The van der Waals surface area contributed by atoms with Crippen molar-refractivity contribution in [3.8, 4) is 5.75 Å². The van der Waals surface area contributed by atoms with Crippen LogP contribution >= 0.6 is 23.2 Å². The predicted octanol–water partition coefficient (Wildman–Crippen LogP) is 6.75. The molecule has 51 heavy (non-hydrogen) atoms. The Morgan fingerprint density at radius 2 is 1.94 bits per heavy atom. The van der Waals surface area contributed by atoms with E-state index in [1.807, 2.05) is 30.0 Å². The number of nitro benzene ring substituents is 1. The van der Waals surface area contributed by atoms with Gasteiger partial charge in [0.1, 0.15) is 40.1 Å². The number of aldehydes is 1. The van der Waals surface area contributed by atoms with Gasteiger partial charge >= 0.3 is 5.97 Å². The number of pyridine rings is 1. The molecule has 0 radical (unpaired) electrons. The molecular formula is C36H32Cl2FN5O7. The molecule has 15 heteroatoms. The number of halogens is 3. The lowest BCUT2D eigenvalue weighted by atomic mass is 9.71. The molecular weight excluding hydrogens is 704 g/mol. The summed E-state index contributed by atoms with van der Waals surface area (Å²) in [6, 6.07) is 18.1. The van der Waals surface area contributed by atoms with E-state index >= 15 is 4.39 Å². The van der Waals surface area contributed by atoms with Crippen LogP contribution in [0.15, 0.2) is 72.8 Å². The average molecular weight is 737 g/mol. The van der Waals surface area contributed by atoms with E-state index in [-0.39, 0.29) is 58.0 Å². The summed E-state index contributed by atoms with van der Waals surface area (Å²) in [5.74, 6) is -3.34. The number of anilines is 2. The number of esters is 1. The molecule has 4 aromatic rings. The number of carbonyl (C=O) groups is 3. The molecule has 0 saturated carbocycles. The molecule has 1 spiro atoms. The molecule has 3 aromatic carbocycles. The van der Waals surface area contributed by atoms with Gasteiger partial charge < -0.3 is 24.9 Å². The minimum Gasteiger partial charge on any atom is -0.494 e. The van der Waals surface area contributed by atoms with Crippen molar-refractivity contribution in [3.05, 3.63) is 121 Å². The Morgan fingerprint density at radius 1 is 1.16 bits per heavy atom. The zero-order chi connectivity index (χ0) is 36.4. The number of hydrogen-bond donors (Lipinski definition) is 2. The molecule has 264 valence electrons. The lowest BCUT2D eigenvalue weighted by Gasteiger charge is -2.39. The number of amides is 1. The highest BCUT2D eigenvalue weighted by Gasteiger charge is 2.67. The normalized spacial score (nSPS) is 20.9. The predicted molar refractivity (Wildman–Crippen MR) is 188 cm³/mol. The minimum atomic E-state index is -1.68. The number of fused-ring (bicyclic) bond motifs is 2. The van der Waals surface area contributed by atoms with E-state index in [9.17, 15) is 24.5 Å². The first kappa shape index (κ1) is 35.7. The lowest BCUT2D eigenvalue weighted by Crippen LogP contribution is -2.51. The topological polar surface area (TPSA) is 153 Å². The summed E-state index contributed by atoms with van der Waals surface area (Å²) in [7, 11) is 1.17. The van der Waals surface area contributed by atoms with Crippen LogP contribution in [0.5, 0.6) is 5.75 Å². The molecule has 2 N–H and O–H groups in total. The molecule has 1 fully saturated rings. The summed E-state index contributed by atoms with van der Waals surface area (Å²) in [5, 5.41) is 17.8. The second kappa shape index (κ2) is 14.6. The van der Waals surface area contributed by atoms with Crippen molar-refractivity contribution in [1.82, 2.24) is 9.88 Å².